The second-order valence-electron chi connectivity index (χ2n) is 5.94. The summed E-state index contributed by atoms with van der Waals surface area (Å²) in [6.45, 7) is 1.07. The van der Waals surface area contributed by atoms with Crippen molar-refractivity contribution in [2.75, 3.05) is 20.2 Å². The molecule has 1 saturated heterocycles. The van der Waals surface area contributed by atoms with Gasteiger partial charge in [0, 0.05) is 25.1 Å². The fraction of sp³-hybridized carbons (Fsp3) is 0.278. The summed E-state index contributed by atoms with van der Waals surface area (Å²) in [4.78, 5) is 23.1. The highest BCUT2D eigenvalue weighted by Crippen LogP contribution is 2.19. The predicted octanol–water partition coefficient (Wildman–Crippen LogP) is 1.72. The number of aromatic nitrogens is 4. The molecule has 8 heteroatoms. The highest BCUT2D eigenvalue weighted by Gasteiger charge is 2.29. The first-order valence-corrected chi connectivity index (χ1v) is 8.28. The maximum Gasteiger partial charge on any atom is 0.274 e. The minimum absolute atomic E-state index is 0.130. The van der Waals surface area contributed by atoms with Gasteiger partial charge in [0.15, 0.2) is 0 Å². The molecule has 8 nitrogen and oxygen atoms in total. The van der Waals surface area contributed by atoms with Gasteiger partial charge in [0.2, 0.25) is 11.8 Å². The number of benzene rings is 1. The third kappa shape index (κ3) is 3.26. The summed E-state index contributed by atoms with van der Waals surface area (Å²) < 4.78 is 10.8. The largest absolute Gasteiger partial charge is 0.480 e. The Morgan fingerprint density at radius 1 is 1.12 bits per heavy atom. The molecule has 0 aliphatic carbocycles. The van der Waals surface area contributed by atoms with Crippen LogP contribution in [0, 0.1) is 0 Å². The van der Waals surface area contributed by atoms with Crippen LogP contribution in [0.2, 0.25) is 0 Å². The Labute approximate surface area is 149 Å². The average Bonchev–Trinajstić information content (AvgIpc) is 3.16. The average molecular weight is 351 g/mol. The lowest BCUT2D eigenvalue weighted by Crippen LogP contribution is -2.31. The van der Waals surface area contributed by atoms with E-state index in [1.54, 1.807) is 17.0 Å². The quantitative estimate of drug-likeness (QED) is 0.707. The highest BCUT2D eigenvalue weighted by atomic mass is 16.5. The number of ether oxygens (including phenoxy) is 2. The van der Waals surface area contributed by atoms with E-state index in [-0.39, 0.29) is 12.0 Å². The second-order valence-corrected chi connectivity index (χ2v) is 5.94. The lowest BCUT2D eigenvalue weighted by atomic mass is 10.3. The molecule has 0 bridgehead atoms. The maximum atomic E-state index is 12.7. The van der Waals surface area contributed by atoms with Gasteiger partial charge in [0.25, 0.3) is 5.91 Å². The number of fused-ring (bicyclic) bond motifs is 1. The zero-order valence-electron chi connectivity index (χ0n) is 14.2. The first-order valence-electron chi connectivity index (χ1n) is 8.28. The molecule has 132 valence electrons. The van der Waals surface area contributed by atoms with Crippen LogP contribution in [-0.4, -0.2) is 57.3 Å². The van der Waals surface area contributed by atoms with Gasteiger partial charge in [0.05, 0.1) is 30.9 Å². The standard InChI is InChI=1S/C18H17N5O3/c1-25-16-6-7-17(22-21-16)26-12-8-9-23(11-12)18(24)15-10-19-13-4-2-3-5-14(13)20-15/h2-7,10,12H,8-9,11H2,1H3. The minimum atomic E-state index is -0.143. The van der Waals surface area contributed by atoms with E-state index in [0.717, 1.165) is 11.9 Å². The molecule has 0 N–H and O–H groups in total. The molecule has 26 heavy (non-hydrogen) atoms. The van der Waals surface area contributed by atoms with Crippen molar-refractivity contribution in [2.24, 2.45) is 0 Å². The van der Waals surface area contributed by atoms with E-state index < -0.39 is 0 Å². The smallest absolute Gasteiger partial charge is 0.274 e. The summed E-state index contributed by atoms with van der Waals surface area (Å²) in [6.07, 6.45) is 2.11. The SMILES string of the molecule is COc1ccc(OC2CCN(C(=O)c3cnc4ccccc4n3)C2)nn1. The molecule has 1 atom stereocenters. The van der Waals surface area contributed by atoms with Crippen molar-refractivity contribution in [3.05, 3.63) is 48.3 Å². The molecule has 1 aliphatic heterocycles. The normalized spacial score (nSPS) is 16.7. The number of carbonyl (C=O) groups excluding carboxylic acids is 1. The van der Waals surface area contributed by atoms with Crippen molar-refractivity contribution >= 4 is 16.9 Å². The predicted molar refractivity (Wildman–Crippen MR) is 93.1 cm³/mol. The van der Waals surface area contributed by atoms with Crippen molar-refractivity contribution in [3.8, 4) is 11.8 Å². The summed E-state index contributed by atoms with van der Waals surface area (Å²) in [6, 6.07) is 10.9. The van der Waals surface area contributed by atoms with Gasteiger partial charge in [-0.05, 0) is 12.1 Å². The number of para-hydroxylation sites is 2. The van der Waals surface area contributed by atoms with Crippen LogP contribution in [0.25, 0.3) is 11.0 Å². The van der Waals surface area contributed by atoms with Crippen LogP contribution >= 0.6 is 0 Å². The fourth-order valence-electron chi connectivity index (χ4n) is 2.88. The van der Waals surface area contributed by atoms with Gasteiger partial charge in [-0.2, -0.15) is 0 Å². The molecule has 3 heterocycles. The molecule has 1 amide bonds. The van der Waals surface area contributed by atoms with Gasteiger partial charge >= 0.3 is 0 Å². The van der Waals surface area contributed by atoms with E-state index in [4.69, 9.17) is 9.47 Å². The van der Waals surface area contributed by atoms with Gasteiger partial charge in [0.1, 0.15) is 11.8 Å². The molecule has 1 unspecified atom stereocenters. The minimum Gasteiger partial charge on any atom is -0.480 e. The number of rotatable bonds is 4. The monoisotopic (exact) mass is 351 g/mol. The number of hydrogen-bond acceptors (Lipinski definition) is 7. The zero-order valence-corrected chi connectivity index (χ0v) is 14.2. The van der Waals surface area contributed by atoms with Crippen LogP contribution in [0.4, 0.5) is 0 Å². The molecule has 1 aromatic carbocycles. The molecule has 0 radical (unpaired) electrons. The first kappa shape index (κ1) is 16.2. The molecule has 0 spiro atoms. The van der Waals surface area contributed by atoms with E-state index >= 15 is 0 Å². The first-order chi connectivity index (χ1) is 12.7. The Hall–Kier alpha value is -3.29. The van der Waals surface area contributed by atoms with E-state index in [0.29, 0.717) is 36.1 Å². The number of amides is 1. The highest BCUT2D eigenvalue weighted by molar-refractivity contribution is 5.94. The summed E-state index contributed by atoms with van der Waals surface area (Å²) in [5.41, 5.74) is 1.82. The number of hydrogen-bond donors (Lipinski definition) is 0. The van der Waals surface area contributed by atoms with Gasteiger partial charge in [-0.25, -0.2) is 4.98 Å². The molecule has 4 rings (SSSR count). The Kier molecular flexibility index (Phi) is 4.30. The Morgan fingerprint density at radius 3 is 2.65 bits per heavy atom. The summed E-state index contributed by atoms with van der Waals surface area (Å²) in [7, 11) is 1.53. The fourth-order valence-corrected chi connectivity index (χ4v) is 2.88. The molecule has 1 aliphatic rings. The molecular formula is C18H17N5O3. The van der Waals surface area contributed by atoms with Crippen LogP contribution in [0.1, 0.15) is 16.9 Å². The topological polar surface area (TPSA) is 90.3 Å². The van der Waals surface area contributed by atoms with Crippen molar-refractivity contribution < 1.29 is 14.3 Å². The second kappa shape index (κ2) is 6.91. The molecule has 3 aromatic rings. The van der Waals surface area contributed by atoms with Crippen molar-refractivity contribution in [2.45, 2.75) is 12.5 Å². The molecular weight excluding hydrogens is 334 g/mol. The summed E-state index contributed by atoms with van der Waals surface area (Å²) in [5, 5.41) is 7.83. The van der Waals surface area contributed by atoms with Gasteiger partial charge in [-0.1, -0.05) is 12.1 Å². The number of methoxy groups -OCH3 is 1. The van der Waals surface area contributed by atoms with Crippen molar-refractivity contribution in [1.82, 2.24) is 25.1 Å². The van der Waals surface area contributed by atoms with E-state index in [1.165, 1.54) is 13.3 Å². The third-order valence-electron chi connectivity index (χ3n) is 4.21. The molecule has 0 saturated carbocycles. The van der Waals surface area contributed by atoms with Gasteiger partial charge in [-0.3, -0.25) is 9.78 Å². The summed E-state index contributed by atoms with van der Waals surface area (Å²) >= 11 is 0. The van der Waals surface area contributed by atoms with Crippen LogP contribution in [-0.2, 0) is 0 Å². The van der Waals surface area contributed by atoms with E-state index in [1.807, 2.05) is 24.3 Å². The van der Waals surface area contributed by atoms with Crippen LogP contribution in [0.5, 0.6) is 11.8 Å². The van der Waals surface area contributed by atoms with Crippen LogP contribution < -0.4 is 9.47 Å². The van der Waals surface area contributed by atoms with Crippen LogP contribution in [0.15, 0.2) is 42.6 Å². The Bertz CT molecular complexity index is 932. The van der Waals surface area contributed by atoms with Crippen LogP contribution in [0.3, 0.4) is 0 Å². The lowest BCUT2D eigenvalue weighted by Gasteiger charge is -2.16. The van der Waals surface area contributed by atoms with E-state index in [9.17, 15) is 4.79 Å². The maximum absolute atomic E-state index is 12.7. The van der Waals surface area contributed by atoms with Gasteiger partial charge < -0.3 is 14.4 Å². The number of likely N-dealkylation sites (tertiary alicyclic amines) is 1. The summed E-state index contributed by atoms with van der Waals surface area (Å²) in [5.74, 6) is 0.696. The lowest BCUT2D eigenvalue weighted by molar-refractivity contribution is 0.0765. The number of nitrogens with zero attached hydrogens (tertiary/aromatic N) is 5. The molecule has 2 aromatic heterocycles. The molecule has 1 fully saturated rings. The van der Waals surface area contributed by atoms with Crippen molar-refractivity contribution in [1.29, 1.82) is 0 Å². The Morgan fingerprint density at radius 2 is 1.88 bits per heavy atom. The zero-order chi connectivity index (χ0) is 17.9. The Balaban J connectivity index is 1.42. The number of carbonyl (C=O) groups is 1. The van der Waals surface area contributed by atoms with Gasteiger partial charge in [-0.15, -0.1) is 10.2 Å². The van der Waals surface area contributed by atoms with E-state index in [2.05, 4.69) is 20.2 Å². The van der Waals surface area contributed by atoms with Crippen molar-refractivity contribution in [3.63, 3.8) is 0 Å². The third-order valence-corrected chi connectivity index (χ3v) is 4.21.